The van der Waals surface area contributed by atoms with Gasteiger partial charge < -0.3 is 5.11 Å². The molecule has 0 fully saturated rings. The van der Waals surface area contributed by atoms with Crippen LogP contribution in [0.3, 0.4) is 0 Å². The Labute approximate surface area is 176 Å². The van der Waals surface area contributed by atoms with Crippen LogP contribution >= 0.6 is 11.8 Å². The fraction of sp³-hybridized carbons (Fsp3) is 0.273. The van der Waals surface area contributed by atoms with Crippen LogP contribution in [0.2, 0.25) is 0 Å². The topological polar surface area (TPSA) is 55.1 Å². The van der Waals surface area contributed by atoms with Gasteiger partial charge in [0.2, 0.25) is 0 Å². The molecule has 0 unspecified atom stereocenters. The zero-order chi connectivity index (χ0) is 21.9. The molecule has 1 atom stereocenters. The number of alkyl halides is 3. The molecule has 1 aromatic heterocycles. The van der Waals surface area contributed by atoms with Crippen molar-refractivity contribution in [1.29, 1.82) is 0 Å². The lowest BCUT2D eigenvalue weighted by atomic mass is 10.1. The summed E-state index contributed by atoms with van der Waals surface area (Å²) in [4.78, 5) is 11.9. The van der Waals surface area contributed by atoms with E-state index in [-0.39, 0.29) is 12.3 Å². The number of hydrogen-bond donors (Lipinski definition) is 1. The summed E-state index contributed by atoms with van der Waals surface area (Å²) in [7, 11) is 1.82. The minimum atomic E-state index is -4.36. The van der Waals surface area contributed by atoms with Gasteiger partial charge in [0, 0.05) is 34.9 Å². The predicted octanol–water partition coefficient (Wildman–Crippen LogP) is 5.63. The molecule has 158 valence electrons. The summed E-state index contributed by atoms with van der Waals surface area (Å²) in [6.45, 7) is 2.06. The quantitative estimate of drug-likeness (QED) is 0.490. The molecule has 1 N–H and O–H groups in total. The standard InChI is InChI=1S/C22H21F3N2O2S/c1-14(13-30-18-5-3-4-15(10-18)11-21(28)29)20-12-19(26-27(20)2)16-6-8-17(9-7-16)22(23,24)25/h3-10,12,14H,11,13H2,1-2H3,(H,28,29)/t14-/m0/s1. The first kappa shape index (κ1) is 22.0. The molecule has 0 saturated heterocycles. The van der Waals surface area contributed by atoms with Crippen molar-refractivity contribution in [3.8, 4) is 11.3 Å². The van der Waals surface area contributed by atoms with Gasteiger partial charge in [0.25, 0.3) is 0 Å². The lowest BCUT2D eigenvalue weighted by molar-refractivity contribution is -0.138. The van der Waals surface area contributed by atoms with Gasteiger partial charge in [-0.3, -0.25) is 9.48 Å². The van der Waals surface area contributed by atoms with Gasteiger partial charge in [0.1, 0.15) is 0 Å². The van der Waals surface area contributed by atoms with E-state index in [1.54, 1.807) is 22.5 Å². The number of aliphatic carboxylic acids is 1. The van der Waals surface area contributed by atoms with Gasteiger partial charge in [0.05, 0.1) is 17.7 Å². The minimum Gasteiger partial charge on any atom is -0.481 e. The number of aromatic nitrogens is 2. The molecule has 1 heterocycles. The number of hydrogen-bond acceptors (Lipinski definition) is 3. The van der Waals surface area contributed by atoms with Gasteiger partial charge >= 0.3 is 12.1 Å². The largest absolute Gasteiger partial charge is 0.481 e. The Morgan fingerprint density at radius 3 is 2.50 bits per heavy atom. The number of rotatable bonds is 7. The van der Waals surface area contributed by atoms with E-state index in [0.717, 1.165) is 34.0 Å². The first-order valence-corrected chi connectivity index (χ1v) is 10.3. The Balaban J connectivity index is 1.70. The third kappa shape index (κ3) is 5.44. The number of carbonyl (C=O) groups is 1. The summed E-state index contributed by atoms with van der Waals surface area (Å²) < 4.78 is 40.0. The summed E-state index contributed by atoms with van der Waals surface area (Å²) in [5.41, 5.74) is 2.30. The van der Waals surface area contributed by atoms with Crippen molar-refractivity contribution in [2.24, 2.45) is 7.05 Å². The maximum absolute atomic E-state index is 12.8. The molecular formula is C22H21F3N2O2S. The van der Waals surface area contributed by atoms with Gasteiger partial charge in [-0.2, -0.15) is 18.3 Å². The molecular weight excluding hydrogens is 413 g/mol. The average Bonchev–Trinajstić information content (AvgIpc) is 3.07. The number of nitrogens with zero attached hydrogens (tertiary/aromatic N) is 2. The molecule has 3 aromatic rings. The van der Waals surface area contributed by atoms with Crippen LogP contribution in [0.4, 0.5) is 13.2 Å². The Morgan fingerprint density at radius 2 is 1.87 bits per heavy atom. The van der Waals surface area contributed by atoms with Crippen LogP contribution in [0.1, 0.15) is 29.7 Å². The highest BCUT2D eigenvalue weighted by molar-refractivity contribution is 7.99. The molecule has 3 rings (SSSR count). The van der Waals surface area contributed by atoms with Crippen molar-refractivity contribution in [3.63, 3.8) is 0 Å². The van der Waals surface area contributed by atoms with E-state index in [4.69, 9.17) is 5.11 Å². The van der Waals surface area contributed by atoms with Gasteiger partial charge in [-0.05, 0) is 35.9 Å². The van der Waals surface area contributed by atoms with Gasteiger partial charge in [-0.25, -0.2) is 0 Å². The molecule has 0 aliphatic rings. The van der Waals surface area contributed by atoms with Crippen LogP contribution in [-0.2, 0) is 24.4 Å². The van der Waals surface area contributed by atoms with E-state index in [0.29, 0.717) is 11.3 Å². The summed E-state index contributed by atoms with van der Waals surface area (Å²) in [5, 5.41) is 13.4. The molecule has 0 aliphatic carbocycles. The zero-order valence-corrected chi connectivity index (χ0v) is 17.3. The predicted molar refractivity (Wildman–Crippen MR) is 111 cm³/mol. The van der Waals surface area contributed by atoms with Gasteiger partial charge in [0.15, 0.2) is 0 Å². The zero-order valence-electron chi connectivity index (χ0n) is 16.5. The highest BCUT2D eigenvalue weighted by atomic mass is 32.2. The van der Waals surface area contributed by atoms with Crippen LogP contribution in [0.25, 0.3) is 11.3 Å². The number of thioether (sulfide) groups is 1. The summed E-state index contributed by atoms with van der Waals surface area (Å²) >= 11 is 1.62. The number of halogens is 3. The third-order valence-corrected chi connectivity index (χ3v) is 5.94. The van der Waals surface area contributed by atoms with E-state index in [1.807, 2.05) is 31.3 Å². The molecule has 0 radical (unpaired) electrons. The Kier molecular flexibility index (Phi) is 6.55. The van der Waals surface area contributed by atoms with Crippen molar-refractivity contribution in [3.05, 3.63) is 71.4 Å². The minimum absolute atomic E-state index is 0.0117. The maximum Gasteiger partial charge on any atom is 0.416 e. The number of aryl methyl sites for hydroxylation is 1. The van der Waals surface area contributed by atoms with Crippen LogP contribution < -0.4 is 0 Å². The smallest absolute Gasteiger partial charge is 0.416 e. The lowest BCUT2D eigenvalue weighted by Gasteiger charge is -2.11. The Hall–Kier alpha value is -2.74. The van der Waals surface area contributed by atoms with E-state index in [1.165, 1.54) is 12.1 Å². The second-order valence-electron chi connectivity index (χ2n) is 7.08. The van der Waals surface area contributed by atoms with Crippen LogP contribution in [-0.4, -0.2) is 26.6 Å². The van der Waals surface area contributed by atoms with Crippen molar-refractivity contribution >= 4 is 17.7 Å². The monoisotopic (exact) mass is 434 g/mol. The highest BCUT2D eigenvalue weighted by Crippen LogP contribution is 2.32. The molecule has 2 aromatic carbocycles. The number of benzene rings is 2. The first-order valence-electron chi connectivity index (χ1n) is 9.28. The van der Waals surface area contributed by atoms with Gasteiger partial charge in [-0.15, -0.1) is 11.8 Å². The third-order valence-electron chi connectivity index (χ3n) is 4.68. The molecule has 0 aliphatic heterocycles. The number of carboxylic acid groups (broad SMARTS) is 1. The van der Waals surface area contributed by atoms with Crippen LogP contribution in [0.15, 0.2) is 59.5 Å². The normalized spacial score (nSPS) is 12.7. The Bertz CT molecular complexity index is 1030. The molecule has 4 nitrogen and oxygen atoms in total. The van der Waals surface area contributed by atoms with Crippen molar-refractivity contribution in [1.82, 2.24) is 9.78 Å². The fourth-order valence-electron chi connectivity index (χ4n) is 3.14. The van der Waals surface area contributed by atoms with E-state index in [2.05, 4.69) is 12.0 Å². The summed E-state index contributed by atoms with van der Waals surface area (Å²) in [6.07, 6.45) is -4.37. The maximum atomic E-state index is 12.8. The Morgan fingerprint density at radius 1 is 1.17 bits per heavy atom. The molecule has 8 heteroatoms. The van der Waals surface area contributed by atoms with Crippen molar-refractivity contribution in [2.75, 3.05) is 5.75 Å². The highest BCUT2D eigenvalue weighted by Gasteiger charge is 2.30. The molecule has 0 amide bonds. The van der Waals surface area contributed by atoms with Crippen molar-refractivity contribution < 1.29 is 23.1 Å². The van der Waals surface area contributed by atoms with Crippen molar-refractivity contribution in [2.45, 2.75) is 30.3 Å². The number of carboxylic acids is 1. The van der Waals surface area contributed by atoms with E-state index in [9.17, 15) is 18.0 Å². The SMILES string of the molecule is C[C@@H](CSc1cccc(CC(=O)O)c1)c1cc(-c2ccc(C(F)(F)F)cc2)nn1C. The van der Waals surface area contributed by atoms with E-state index < -0.39 is 17.7 Å². The molecule has 30 heavy (non-hydrogen) atoms. The summed E-state index contributed by atoms with van der Waals surface area (Å²) in [5.74, 6) is 0.0257. The van der Waals surface area contributed by atoms with Gasteiger partial charge in [-0.1, -0.05) is 31.2 Å². The van der Waals surface area contributed by atoms with Crippen LogP contribution in [0.5, 0.6) is 0 Å². The first-order chi connectivity index (χ1) is 14.1. The average molecular weight is 434 g/mol. The van der Waals surface area contributed by atoms with E-state index >= 15 is 0 Å². The molecule has 0 bridgehead atoms. The fourth-order valence-corrected chi connectivity index (χ4v) is 4.16. The molecule has 0 saturated carbocycles. The second kappa shape index (κ2) is 8.95. The lowest BCUT2D eigenvalue weighted by Crippen LogP contribution is -2.05. The summed E-state index contributed by atoms with van der Waals surface area (Å²) in [6, 6.07) is 14.3. The van der Waals surface area contributed by atoms with Crippen LogP contribution in [0, 0.1) is 0 Å². The molecule has 0 spiro atoms. The second-order valence-corrected chi connectivity index (χ2v) is 8.18.